The Bertz CT molecular complexity index is 171. The van der Waals surface area contributed by atoms with Crippen LogP contribution in [0, 0.1) is 0 Å². The molecule has 0 aliphatic carbocycles. The molecule has 0 aromatic rings. The van der Waals surface area contributed by atoms with Crippen LogP contribution in [0.1, 0.15) is 26.7 Å². The highest BCUT2D eigenvalue weighted by Gasteiger charge is 2.32. The zero-order chi connectivity index (χ0) is 9.30. The van der Waals surface area contributed by atoms with Crippen LogP contribution in [0.3, 0.4) is 0 Å². The van der Waals surface area contributed by atoms with Gasteiger partial charge in [0.1, 0.15) is 0 Å². The number of aliphatic hydroxyl groups is 1. The topological polar surface area (TPSA) is 60.8 Å². The molecule has 12 heavy (non-hydrogen) atoms. The number of hydrogen-bond donors (Lipinski definition) is 2. The van der Waals surface area contributed by atoms with E-state index >= 15 is 0 Å². The molecule has 0 saturated carbocycles. The number of hydrogen-bond acceptors (Lipinski definition) is 2. The summed E-state index contributed by atoms with van der Waals surface area (Å²) in [6, 6.07) is -0.137. The van der Waals surface area contributed by atoms with Crippen LogP contribution >= 0.6 is 0 Å². The third-order valence-corrected chi connectivity index (χ3v) is 2.40. The van der Waals surface area contributed by atoms with Crippen molar-refractivity contribution in [3.05, 3.63) is 0 Å². The molecular formula is C8H15NO3. The summed E-state index contributed by atoms with van der Waals surface area (Å²) in [4.78, 5) is 12.1. The molecule has 1 fully saturated rings. The lowest BCUT2D eigenvalue weighted by molar-refractivity contribution is 0.0198. The Morgan fingerprint density at radius 1 is 1.33 bits per heavy atom. The molecule has 2 unspecified atom stereocenters. The third kappa shape index (κ3) is 1.69. The summed E-state index contributed by atoms with van der Waals surface area (Å²) in [7, 11) is 0. The van der Waals surface area contributed by atoms with Gasteiger partial charge < -0.3 is 15.1 Å². The summed E-state index contributed by atoms with van der Waals surface area (Å²) in [6.45, 7) is 3.65. The summed E-state index contributed by atoms with van der Waals surface area (Å²) in [5.41, 5.74) is 0. The van der Waals surface area contributed by atoms with Gasteiger partial charge in [0, 0.05) is 12.1 Å². The summed E-state index contributed by atoms with van der Waals surface area (Å²) in [5, 5.41) is 18.1. The predicted octanol–water partition coefficient (Wildman–Crippen LogP) is 0.898. The van der Waals surface area contributed by atoms with Gasteiger partial charge in [0.2, 0.25) is 0 Å². The van der Waals surface area contributed by atoms with Gasteiger partial charge in [-0.05, 0) is 26.7 Å². The van der Waals surface area contributed by atoms with E-state index < -0.39 is 6.09 Å². The van der Waals surface area contributed by atoms with E-state index in [0.29, 0.717) is 12.8 Å². The molecule has 0 spiro atoms. The minimum absolute atomic E-state index is 0.0683. The Kier molecular flexibility index (Phi) is 2.57. The molecule has 1 saturated heterocycles. The molecule has 0 radical (unpaired) electrons. The molecule has 0 aromatic carbocycles. The Labute approximate surface area is 71.8 Å². The maximum absolute atomic E-state index is 10.7. The molecule has 0 bridgehead atoms. The quantitative estimate of drug-likeness (QED) is 0.572. The largest absolute Gasteiger partial charge is 0.465 e. The van der Waals surface area contributed by atoms with Crippen molar-refractivity contribution in [3.63, 3.8) is 0 Å². The number of carboxylic acid groups (broad SMARTS) is 1. The van der Waals surface area contributed by atoms with Crippen molar-refractivity contribution < 1.29 is 15.0 Å². The first-order chi connectivity index (χ1) is 5.52. The van der Waals surface area contributed by atoms with E-state index in [9.17, 15) is 9.90 Å². The molecule has 70 valence electrons. The zero-order valence-electron chi connectivity index (χ0n) is 7.40. The van der Waals surface area contributed by atoms with E-state index in [4.69, 9.17) is 5.11 Å². The maximum Gasteiger partial charge on any atom is 0.407 e. The van der Waals surface area contributed by atoms with Gasteiger partial charge in [0.05, 0.1) is 6.10 Å². The number of aliphatic hydroxyl groups excluding tert-OH is 1. The summed E-state index contributed by atoms with van der Waals surface area (Å²) >= 11 is 0. The minimum atomic E-state index is -0.887. The van der Waals surface area contributed by atoms with E-state index in [1.54, 1.807) is 0 Å². The number of likely N-dealkylation sites (tertiary alicyclic amines) is 1. The highest BCUT2D eigenvalue weighted by molar-refractivity contribution is 5.66. The number of carbonyl (C=O) groups is 1. The standard InChI is InChI=1S/C8H15NO3/c1-5-3-7(10)4-6(2)9(5)8(11)12/h5-7,10H,3-4H2,1-2H3,(H,11,12)/t5-,6?,7?/m0/s1. The van der Waals surface area contributed by atoms with Crippen molar-refractivity contribution in [3.8, 4) is 0 Å². The van der Waals surface area contributed by atoms with Gasteiger partial charge in [-0.25, -0.2) is 4.79 Å². The lowest BCUT2D eigenvalue weighted by Crippen LogP contribution is -2.50. The molecule has 1 heterocycles. The van der Waals surface area contributed by atoms with Gasteiger partial charge >= 0.3 is 6.09 Å². The normalized spacial score (nSPS) is 36.6. The van der Waals surface area contributed by atoms with E-state index in [2.05, 4.69) is 0 Å². The Morgan fingerprint density at radius 2 is 1.75 bits per heavy atom. The lowest BCUT2D eigenvalue weighted by atomic mass is 9.95. The third-order valence-electron chi connectivity index (χ3n) is 2.40. The number of rotatable bonds is 0. The molecular weight excluding hydrogens is 158 g/mol. The molecule has 1 amide bonds. The highest BCUT2D eigenvalue weighted by Crippen LogP contribution is 2.22. The van der Waals surface area contributed by atoms with Crippen LogP contribution in [0.15, 0.2) is 0 Å². The van der Waals surface area contributed by atoms with E-state index in [1.165, 1.54) is 4.90 Å². The van der Waals surface area contributed by atoms with Gasteiger partial charge in [-0.2, -0.15) is 0 Å². The van der Waals surface area contributed by atoms with Crippen molar-refractivity contribution >= 4 is 6.09 Å². The average Bonchev–Trinajstić information content (AvgIpc) is 1.82. The second-order valence-corrected chi connectivity index (χ2v) is 3.51. The molecule has 3 atom stereocenters. The average molecular weight is 173 g/mol. The molecule has 2 N–H and O–H groups in total. The van der Waals surface area contributed by atoms with E-state index in [-0.39, 0.29) is 18.2 Å². The summed E-state index contributed by atoms with van der Waals surface area (Å²) in [5.74, 6) is 0. The van der Waals surface area contributed by atoms with E-state index in [0.717, 1.165) is 0 Å². The van der Waals surface area contributed by atoms with Crippen molar-refractivity contribution in [1.82, 2.24) is 4.90 Å². The number of nitrogens with zero attached hydrogens (tertiary/aromatic N) is 1. The van der Waals surface area contributed by atoms with Crippen LogP contribution < -0.4 is 0 Å². The molecule has 1 aliphatic rings. The van der Waals surface area contributed by atoms with Crippen molar-refractivity contribution in [2.75, 3.05) is 0 Å². The summed E-state index contributed by atoms with van der Waals surface area (Å²) < 4.78 is 0. The van der Waals surface area contributed by atoms with Crippen molar-refractivity contribution in [2.45, 2.75) is 44.9 Å². The minimum Gasteiger partial charge on any atom is -0.465 e. The molecule has 1 aliphatic heterocycles. The lowest BCUT2D eigenvalue weighted by Gasteiger charge is -2.39. The Morgan fingerprint density at radius 3 is 2.08 bits per heavy atom. The fourth-order valence-electron chi connectivity index (χ4n) is 1.92. The first-order valence-corrected chi connectivity index (χ1v) is 4.21. The van der Waals surface area contributed by atoms with Crippen LogP contribution in [0.4, 0.5) is 4.79 Å². The predicted molar refractivity (Wildman–Crippen MR) is 44.0 cm³/mol. The fraction of sp³-hybridized carbons (Fsp3) is 0.875. The van der Waals surface area contributed by atoms with Crippen LogP contribution in [0.2, 0.25) is 0 Å². The molecule has 4 heteroatoms. The van der Waals surface area contributed by atoms with Crippen LogP contribution in [-0.2, 0) is 0 Å². The second-order valence-electron chi connectivity index (χ2n) is 3.51. The van der Waals surface area contributed by atoms with Gasteiger partial charge in [-0.15, -0.1) is 0 Å². The van der Waals surface area contributed by atoms with Gasteiger partial charge in [-0.1, -0.05) is 0 Å². The smallest absolute Gasteiger partial charge is 0.407 e. The van der Waals surface area contributed by atoms with Crippen molar-refractivity contribution in [1.29, 1.82) is 0 Å². The van der Waals surface area contributed by atoms with Gasteiger partial charge in [0.15, 0.2) is 0 Å². The second kappa shape index (κ2) is 3.31. The SMILES string of the molecule is CC1CC(O)C[C@H](C)N1C(=O)O. The number of amides is 1. The van der Waals surface area contributed by atoms with Crippen LogP contribution in [0.5, 0.6) is 0 Å². The monoisotopic (exact) mass is 173 g/mol. The molecule has 0 aromatic heterocycles. The molecule has 1 rings (SSSR count). The Balaban J connectivity index is 2.66. The summed E-state index contributed by atoms with van der Waals surface area (Å²) in [6.07, 6.45) is -0.125. The highest BCUT2D eigenvalue weighted by atomic mass is 16.4. The molecule has 4 nitrogen and oxygen atoms in total. The fourth-order valence-corrected chi connectivity index (χ4v) is 1.92. The Hall–Kier alpha value is -0.770. The number of piperidine rings is 1. The van der Waals surface area contributed by atoms with E-state index in [1.807, 2.05) is 13.8 Å². The zero-order valence-corrected chi connectivity index (χ0v) is 7.40. The van der Waals surface area contributed by atoms with Crippen LogP contribution in [0.25, 0.3) is 0 Å². The first kappa shape index (κ1) is 9.32. The van der Waals surface area contributed by atoms with Crippen molar-refractivity contribution in [2.24, 2.45) is 0 Å². The van der Waals surface area contributed by atoms with Gasteiger partial charge in [-0.3, -0.25) is 0 Å². The first-order valence-electron chi connectivity index (χ1n) is 4.21. The maximum atomic E-state index is 10.7. The van der Waals surface area contributed by atoms with Crippen LogP contribution in [-0.4, -0.2) is 39.4 Å². The van der Waals surface area contributed by atoms with Gasteiger partial charge in [0.25, 0.3) is 0 Å².